The minimum absolute atomic E-state index is 0.0592. The molecule has 11 nitrogen and oxygen atoms in total. The van der Waals surface area contributed by atoms with Crippen molar-refractivity contribution in [1.29, 1.82) is 0 Å². The minimum Gasteiger partial charge on any atom is -0.493 e. The summed E-state index contributed by atoms with van der Waals surface area (Å²) in [5, 5.41) is 2.46. The minimum atomic E-state index is -1.62. The van der Waals surface area contributed by atoms with Crippen molar-refractivity contribution in [3.8, 4) is 11.5 Å². The Morgan fingerprint density at radius 2 is 1.85 bits per heavy atom. The molecule has 3 aliphatic heterocycles. The smallest absolute Gasteiger partial charge is 0.330 e. The number of carbonyl (C=O) groups excluding carboxylic acids is 3. The number of hydrogen-bond donors (Lipinski definition) is 1. The van der Waals surface area contributed by atoms with Crippen LogP contribution in [0.3, 0.4) is 0 Å². The van der Waals surface area contributed by atoms with E-state index in [9.17, 15) is 19.2 Å². The van der Waals surface area contributed by atoms with Gasteiger partial charge in [-0.2, -0.15) is 0 Å². The Labute approximate surface area is 230 Å². The van der Waals surface area contributed by atoms with Gasteiger partial charge < -0.3 is 14.4 Å². The van der Waals surface area contributed by atoms with Gasteiger partial charge >= 0.3 is 6.03 Å². The number of benzene rings is 1. The van der Waals surface area contributed by atoms with E-state index in [1.165, 1.54) is 4.40 Å². The SMILES string of the molecule is COc1ccc(CCN2C(=O)NC(=O)[C@@]3(Cc4c(nc5ccccn5c4=O)N4CCCCC[C@H]43)C2=O)cc1OC. The van der Waals surface area contributed by atoms with E-state index in [0.29, 0.717) is 47.9 Å². The first-order valence-electron chi connectivity index (χ1n) is 13.5. The van der Waals surface area contributed by atoms with E-state index in [1.807, 2.05) is 17.0 Å². The zero-order valence-electron chi connectivity index (χ0n) is 22.5. The number of barbiturate groups is 1. The summed E-state index contributed by atoms with van der Waals surface area (Å²) in [5.41, 5.74) is -0.261. The van der Waals surface area contributed by atoms with E-state index in [1.54, 1.807) is 44.7 Å². The van der Waals surface area contributed by atoms with Crippen LogP contribution in [-0.4, -0.2) is 65.5 Å². The molecule has 4 amide bonds. The number of amides is 4. The van der Waals surface area contributed by atoms with Gasteiger partial charge in [0.25, 0.3) is 5.56 Å². The molecule has 3 aromatic rings. The molecule has 0 aliphatic carbocycles. The summed E-state index contributed by atoms with van der Waals surface area (Å²) in [4.78, 5) is 62.8. The molecule has 1 N–H and O–H groups in total. The van der Waals surface area contributed by atoms with Gasteiger partial charge in [0.15, 0.2) is 16.9 Å². The van der Waals surface area contributed by atoms with Gasteiger partial charge in [0.2, 0.25) is 11.8 Å². The molecular formula is C29H31N5O6. The summed E-state index contributed by atoms with van der Waals surface area (Å²) < 4.78 is 12.1. The Hall–Kier alpha value is -4.41. The maximum absolute atomic E-state index is 14.4. The number of nitrogens with one attached hydrogen (secondary N) is 1. The molecule has 0 unspecified atom stereocenters. The number of urea groups is 1. The average Bonchev–Trinajstić information content (AvgIpc) is 3.23. The van der Waals surface area contributed by atoms with Crippen LogP contribution in [-0.2, 0) is 22.4 Å². The van der Waals surface area contributed by atoms with Crippen molar-refractivity contribution in [3.05, 3.63) is 64.1 Å². The van der Waals surface area contributed by atoms with Gasteiger partial charge in [-0.25, -0.2) is 9.78 Å². The summed E-state index contributed by atoms with van der Waals surface area (Å²) in [6.45, 7) is 0.624. The normalized spacial score (nSPS) is 22.6. The van der Waals surface area contributed by atoms with Gasteiger partial charge in [-0.1, -0.05) is 25.0 Å². The summed E-state index contributed by atoms with van der Waals surface area (Å²) in [7, 11) is 3.09. The van der Waals surface area contributed by atoms with Crippen molar-refractivity contribution < 1.29 is 23.9 Å². The predicted molar refractivity (Wildman–Crippen MR) is 146 cm³/mol. The second-order valence-corrected chi connectivity index (χ2v) is 10.5. The molecule has 3 aliphatic rings. The van der Waals surface area contributed by atoms with Crippen LogP contribution in [0.15, 0.2) is 47.4 Å². The Kier molecular flexibility index (Phi) is 6.44. The topological polar surface area (TPSA) is 123 Å². The fourth-order valence-corrected chi connectivity index (χ4v) is 6.41. The van der Waals surface area contributed by atoms with Gasteiger partial charge in [-0.15, -0.1) is 0 Å². The number of nitrogens with zero attached hydrogens (tertiary/aromatic N) is 4. The lowest BCUT2D eigenvalue weighted by atomic mass is 9.68. The summed E-state index contributed by atoms with van der Waals surface area (Å²) >= 11 is 0. The second-order valence-electron chi connectivity index (χ2n) is 10.5. The third kappa shape index (κ3) is 3.90. The number of methoxy groups -OCH3 is 2. The van der Waals surface area contributed by atoms with Crippen molar-refractivity contribution in [2.24, 2.45) is 5.41 Å². The predicted octanol–water partition coefficient (Wildman–Crippen LogP) is 2.32. The first-order valence-corrected chi connectivity index (χ1v) is 13.5. The molecule has 40 heavy (non-hydrogen) atoms. The monoisotopic (exact) mass is 545 g/mol. The first-order chi connectivity index (χ1) is 19.4. The quantitative estimate of drug-likeness (QED) is 0.485. The number of ether oxygens (including phenoxy) is 2. The number of aromatic nitrogens is 2. The molecule has 0 saturated carbocycles. The molecule has 2 aromatic heterocycles. The van der Waals surface area contributed by atoms with Crippen molar-refractivity contribution in [2.45, 2.75) is 44.6 Å². The van der Waals surface area contributed by atoms with Crippen LogP contribution in [0.4, 0.5) is 10.6 Å². The number of carbonyl (C=O) groups is 3. The maximum Gasteiger partial charge on any atom is 0.330 e. The van der Waals surface area contributed by atoms with Crippen LogP contribution in [0, 0.1) is 5.41 Å². The molecule has 1 aromatic carbocycles. The maximum atomic E-state index is 14.4. The highest BCUT2D eigenvalue weighted by molar-refractivity contribution is 6.20. The molecule has 1 spiro atoms. The van der Waals surface area contributed by atoms with Crippen molar-refractivity contribution in [1.82, 2.24) is 19.6 Å². The van der Waals surface area contributed by atoms with E-state index in [0.717, 1.165) is 29.7 Å². The van der Waals surface area contributed by atoms with Crippen LogP contribution in [0.2, 0.25) is 0 Å². The van der Waals surface area contributed by atoms with E-state index < -0.39 is 29.3 Å². The lowest BCUT2D eigenvalue weighted by Crippen LogP contribution is -2.72. The number of anilines is 1. The third-order valence-corrected chi connectivity index (χ3v) is 8.42. The summed E-state index contributed by atoms with van der Waals surface area (Å²) in [6.07, 6.45) is 5.05. The lowest BCUT2D eigenvalue weighted by molar-refractivity contribution is -0.153. The Morgan fingerprint density at radius 3 is 2.65 bits per heavy atom. The van der Waals surface area contributed by atoms with Crippen LogP contribution in [0.25, 0.3) is 5.65 Å². The first kappa shape index (κ1) is 25.8. The highest BCUT2D eigenvalue weighted by atomic mass is 16.5. The number of fused-ring (bicyclic) bond motifs is 5. The van der Waals surface area contributed by atoms with Gasteiger partial charge in [-0.05, 0) is 49.1 Å². The van der Waals surface area contributed by atoms with Crippen molar-refractivity contribution in [3.63, 3.8) is 0 Å². The molecule has 6 rings (SSSR count). The van der Waals surface area contributed by atoms with Crippen LogP contribution in [0.5, 0.6) is 11.5 Å². The van der Waals surface area contributed by atoms with E-state index in [2.05, 4.69) is 5.32 Å². The number of imide groups is 2. The Morgan fingerprint density at radius 1 is 1.02 bits per heavy atom. The molecule has 2 fully saturated rings. The van der Waals surface area contributed by atoms with Gasteiger partial charge in [0, 0.05) is 25.7 Å². The Balaban J connectivity index is 1.41. The molecule has 2 saturated heterocycles. The summed E-state index contributed by atoms with van der Waals surface area (Å²) in [5.74, 6) is 0.429. The van der Waals surface area contributed by atoms with Crippen LogP contribution < -0.4 is 25.2 Å². The van der Waals surface area contributed by atoms with Gasteiger partial charge in [0.05, 0.1) is 25.8 Å². The molecule has 0 radical (unpaired) electrons. The van der Waals surface area contributed by atoms with E-state index >= 15 is 0 Å². The van der Waals surface area contributed by atoms with Gasteiger partial charge in [0.1, 0.15) is 11.5 Å². The zero-order chi connectivity index (χ0) is 28.0. The van der Waals surface area contributed by atoms with Gasteiger partial charge in [-0.3, -0.25) is 29.0 Å². The number of hydrogen-bond acceptors (Lipinski definition) is 8. The number of pyridine rings is 1. The molecule has 0 bridgehead atoms. The Bertz CT molecular complexity index is 1580. The molecule has 2 atom stereocenters. The van der Waals surface area contributed by atoms with Crippen LogP contribution >= 0.6 is 0 Å². The average molecular weight is 546 g/mol. The molecular weight excluding hydrogens is 514 g/mol. The summed E-state index contributed by atoms with van der Waals surface area (Å²) in [6, 6.07) is 9.46. The van der Waals surface area contributed by atoms with Crippen molar-refractivity contribution >= 4 is 29.3 Å². The second kappa shape index (κ2) is 9.96. The van der Waals surface area contributed by atoms with E-state index in [-0.39, 0.29) is 18.5 Å². The van der Waals surface area contributed by atoms with Crippen molar-refractivity contribution in [2.75, 3.05) is 32.2 Å². The highest BCUT2D eigenvalue weighted by Crippen LogP contribution is 2.45. The molecule has 11 heteroatoms. The standard InChI is InChI=1S/C29H31N5O6/c1-39-20-11-10-18(16-21(20)40-2)12-15-34-27(37)29(26(36)31-28(34)38)17-19-24(32-13-6-3-4-8-22(29)32)30-23-9-5-7-14-33(23)25(19)35/h5,7,9-11,14,16,22H,3-4,6,8,12-13,15,17H2,1-2H3,(H,31,36,38)/t22-,29-/m0/s1. The largest absolute Gasteiger partial charge is 0.493 e. The number of rotatable bonds is 5. The van der Waals surface area contributed by atoms with E-state index in [4.69, 9.17) is 14.5 Å². The molecule has 208 valence electrons. The highest BCUT2D eigenvalue weighted by Gasteiger charge is 2.62. The lowest BCUT2D eigenvalue weighted by Gasteiger charge is -2.50. The van der Waals surface area contributed by atoms with Crippen LogP contribution in [0.1, 0.15) is 36.8 Å². The third-order valence-electron chi connectivity index (χ3n) is 8.42. The fourth-order valence-electron chi connectivity index (χ4n) is 6.41. The molecule has 5 heterocycles. The zero-order valence-corrected chi connectivity index (χ0v) is 22.5. The fraction of sp³-hybridized carbons (Fsp3) is 0.414.